The molecular weight excluding hydrogens is 379 g/mol. The maximum atomic E-state index is 12.5. The molecule has 1 amide bonds. The third kappa shape index (κ3) is 2.79. The van der Waals surface area contributed by atoms with E-state index in [4.69, 9.17) is 27.6 Å². The fourth-order valence-corrected chi connectivity index (χ4v) is 2.85. The number of carbonyl (C=O) groups is 1. The maximum absolute atomic E-state index is 12.5. The van der Waals surface area contributed by atoms with E-state index in [9.17, 15) is 4.79 Å². The summed E-state index contributed by atoms with van der Waals surface area (Å²) < 4.78 is 5.79. The predicted molar refractivity (Wildman–Crippen MR) is 95.9 cm³/mol. The highest BCUT2D eigenvalue weighted by Gasteiger charge is 2.26. The molecule has 4 rings (SSSR count). The third-order valence-electron chi connectivity index (χ3n) is 3.69. The second kappa shape index (κ2) is 6.40. The predicted octanol–water partition coefficient (Wildman–Crippen LogP) is 3.20. The molecule has 0 atom stereocenters. The highest BCUT2D eigenvalue weighted by Crippen LogP contribution is 2.34. The van der Waals surface area contributed by atoms with Crippen LogP contribution in [-0.4, -0.2) is 27.1 Å². The van der Waals surface area contributed by atoms with Crippen molar-refractivity contribution in [1.29, 1.82) is 0 Å². The average molecular weight is 388 g/mol. The Labute approximate surface area is 157 Å². The van der Waals surface area contributed by atoms with Crippen LogP contribution in [0.5, 0.6) is 0 Å². The van der Waals surface area contributed by atoms with Gasteiger partial charge in [0.05, 0.1) is 21.3 Å². The number of aromatic nitrogens is 4. The van der Waals surface area contributed by atoms with Gasteiger partial charge in [-0.15, -0.1) is 5.21 Å². The molecule has 0 N–H and O–H groups in total. The van der Waals surface area contributed by atoms with E-state index < -0.39 is 5.91 Å². The summed E-state index contributed by atoms with van der Waals surface area (Å²) in [5, 5.41) is 20.0. The van der Waals surface area contributed by atoms with Crippen molar-refractivity contribution in [3.8, 4) is 11.3 Å². The third-order valence-corrected chi connectivity index (χ3v) is 4.51. The number of anilines is 1. The SMILES string of the molecule is CC1=NN(c2nnn[n-]2)C(=O)/C1=C\c1ccc(-c2cccc(Cl)c2Cl)o1. The van der Waals surface area contributed by atoms with Gasteiger partial charge in [-0.1, -0.05) is 29.3 Å². The quantitative estimate of drug-likeness (QED) is 0.639. The van der Waals surface area contributed by atoms with E-state index in [-0.39, 0.29) is 5.95 Å². The highest BCUT2D eigenvalue weighted by atomic mass is 35.5. The second-order valence-electron chi connectivity index (χ2n) is 5.34. The van der Waals surface area contributed by atoms with Gasteiger partial charge in [-0.25, -0.2) is 15.2 Å². The van der Waals surface area contributed by atoms with Crippen molar-refractivity contribution in [3.05, 3.63) is 51.7 Å². The van der Waals surface area contributed by atoms with E-state index in [0.717, 1.165) is 5.01 Å². The number of benzene rings is 1. The number of rotatable bonds is 3. The fraction of sp³-hybridized carbons (Fsp3) is 0.0625. The molecule has 0 fully saturated rings. The van der Waals surface area contributed by atoms with Crippen molar-refractivity contribution in [3.63, 3.8) is 0 Å². The first kappa shape index (κ1) is 16.5. The van der Waals surface area contributed by atoms with Crippen molar-refractivity contribution >= 4 is 46.8 Å². The molecule has 0 saturated carbocycles. The van der Waals surface area contributed by atoms with Gasteiger partial charge < -0.3 is 4.42 Å². The molecule has 0 radical (unpaired) electrons. The van der Waals surface area contributed by atoms with Gasteiger partial charge in [0, 0.05) is 5.56 Å². The number of hydrogen-bond acceptors (Lipinski definition) is 6. The molecule has 3 heterocycles. The normalized spacial score (nSPS) is 15.8. The van der Waals surface area contributed by atoms with Gasteiger partial charge in [-0.2, -0.15) is 5.21 Å². The fourth-order valence-electron chi connectivity index (χ4n) is 2.46. The molecule has 0 spiro atoms. The molecule has 10 heteroatoms. The largest absolute Gasteiger partial charge is 0.457 e. The van der Waals surface area contributed by atoms with Crippen LogP contribution in [0, 0.1) is 0 Å². The lowest BCUT2D eigenvalue weighted by molar-refractivity contribution is -0.114. The summed E-state index contributed by atoms with van der Waals surface area (Å²) in [6, 6.07) is 8.75. The summed E-state index contributed by atoms with van der Waals surface area (Å²) >= 11 is 12.3. The van der Waals surface area contributed by atoms with E-state index in [1.807, 2.05) is 0 Å². The number of carbonyl (C=O) groups excluding carboxylic acids is 1. The van der Waals surface area contributed by atoms with Crippen molar-refractivity contribution in [1.82, 2.24) is 20.6 Å². The number of hydrogen-bond donors (Lipinski definition) is 0. The number of amides is 1. The Bertz CT molecular complexity index is 1050. The van der Waals surface area contributed by atoms with Crippen LogP contribution in [-0.2, 0) is 4.79 Å². The number of nitrogens with zero attached hydrogens (tertiary/aromatic N) is 6. The Morgan fingerprint density at radius 1 is 1.23 bits per heavy atom. The molecule has 3 aromatic rings. The van der Waals surface area contributed by atoms with Crippen LogP contribution in [0.4, 0.5) is 5.95 Å². The lowest BCUT2D eigenvalue weighted by atomic mass is 10.1. The van der Waals surface area contributed by atoms with Crippen LogP contribution in [0.3, 0.4) is 0 Å². The summed E-state index contributed by atoms with van der Waals surface area (Å²) in [4.78, 5) is 12.5. The summed E-state index contributed by atoms with van der Waals surface area (Å²) in [5.41, 5.74) is 1.52. The summed E-state index contributed by atoms with van der Waals surface area (Å²) in [7, 11) is 0. The van der Waals surface area contributed by atoms with Crippen LogP contribution in [0.25, 0.3) is 17.4 Å². The van der Waals surface area contributed by atoms with E-state index in [1.165, 1.54) is 0 Å². The molecule has 1 aromatic carbocycles. The monoisotopic (exact) mass is 387 g/mol. The molecule has 130 valence electrons. The Kier molecular flexibility index (Phi) is 4.06. The summed E-state index contributed by atoms with van der Waals surface area (Å²) in [6.45, 7) is 1.70. The Morgan fingerprint density at radius 2 is 2.08 bits per heavy atom. The van der Waals surface area contributed by atoms with E-state index >= 15 is 0 Å². The van der Waals surface area contributed by atoms with Crippen molar-refractivity contribution < 1.29 is 9.21 Å². The van der Waals surface area contributed by atoms with Gasteiger partial charge in [-0.05, 0) is 37.3 Å². The first-order chi connectivity index (χ1) is 12.5. The topological polar surface area (TPSA) is 98.6 Å². The van der Waals surface area contributed by atoms with Crippen LogP contribution in [0.1, 0.15) is 12.7 Å². The molecular formula is C16H9Cl2N6O2-. The van der Waals surface area contributed by atoms with Crippen LogP contribution >= 0.6 is 23.2 Å². The van der Waals surface area contributed by atoms with Crippen molar-refractivity contribution in [2.45, 2.75) is 6.92 Å². The zero-order chi connectivity index (χ0) is 18.3. The Balaban J connectivity index is 1.66. The zero-order valence-electron chi connectivity index (χ0n) is 13.2. The minimum Gasteiger partial charge on any atom is -0.457 e. The molecule has 0 unspecified atom stereocenters. The average Bonchev–Trinajstić information content (AvgIpc) is 3.35. The van der Waals surface area contributed by atoms with Gasteiger partial charge >= 0.3 is 0 Å². The Hall–Kier alpha value is -2.97. The molecule has 8 nitrogen and oxygen atoms in total. The van der Waals surface area contributed by atoms with Crippen molar-refractivity contribution in [2.24, 2.45) is 5.10 Å². The van der Waals surface area contributed by atoms with Gasteiger partial charge in [0.25, 0.3) is 0 Å². The van der Waals surface area contributed by atoms with Crippen molar-refractivity contribution in [2.75, 3.05) is 5.01 Å². The van der Waals surface area contributed by atoms with E-state index in [0.29, 0.717) is 38.4 Å². The van der Waals surface area contributed by atoms with Gasteiger partial charge in [0.2, 0.25) is 5.91 Å². The molecule has 26 heavy (non-hydrogen) atoms. The molecule has 0 aliphatic carbocycles. The summed E-state index contributed by atoms with van der Waals surface area (Å²) in [5.74, 6) is 0.629. The van der Waals surface area contributed by atoms with Crippen LogP contribution in [0.15, 0.2) is 45.4 Å². The molecule has 1 aliphatic rings. The molecule has 0 bridgehead atoms. The smallest absolute Gasteiger partial charge is 0.239 e. The maximum Gasteiger partial charge on any atom is 0.239 e. The molecule has 0 saturated heterocycles. The standard InChI is InChI=1S/C16H9Cl2N6O2/c1-8-11(15(25)24(21-8)16-19-22-23-20-16)7-9-5-6-13(26-9)10-3-2-4-12(17)14(10)18/h2-7H,1H3/q-1/b11-7-. The number of tetrazole rings is 1. The second-order valence-corrected chi connectivity index (χ2v) is 6.13. The molecule has 1 aliphatic heterocycles. The summed E-state index contributed by atoms with van der Waals surface area (Å²) in [6.07, 6.45) is 1.59. The highest BCUT2D eigenvalue weighted by molar-refractivity contribution is 6.43. The lowest BCUT2D eigenvalue weighted by Gasteiger charge is -2.11. The Morgan fingerprint density at radius 3 is 2.85 bits per heavy atom. The van der Waals surface area contributed by atoms with Gasteiger partial charge in [-0.3, -0.25) is 9.89 Å². The van der Waals surface area contributed by atoms with Gasteiger partial charge in [0.15, 0.2) is 0 Å². The first-order valence-electron chi connectivity index (χ1n) is 7.39. The van der Waals surface area contributed by atoms with Crippen LogP contribution < -0.4 is 10.1 Å². The molecule has 2 aromatic heterocycles. The number of furan rings is 1. The zero-order valence-corrected chi connectivity index (χ0v) is 14.7. The van der Waals surface area contributed by atoms with Crippen LogP contribution in [0.2, 0.25) is 10.0 Å². The van der Waals surface area contributed by atoms with E-state index in [1.54, 1.807) is 43.3 Å². The van der Waals surface area contributed by atoms with E-state index in [2.05, 4.69) is 25.7 Å². The first-order valence-corrected chi connectivity index (χ1v) is 8.15. The lowest BCUT2D eigenvalue weighted by Crippen LogP contribution is -2.22. The minimum absolute atomic E-state index is 0.0172. The van der Waals surface area contributed by atoms with Gasteiger partial charge in [0.1, 0.15) is 17.5 Å². The number of hydrazone groups is 1. The number of halogens is 2. The minimum atomic E-state index is -0.393.